The van der Waals surface area contributed by atoms with Gasteiger partial charge < -0.3 is 20.1 Å². The van der Waals surface area contributed by atoms with Crippen LogP contribution in [0.2, 0.25) is 0 Å². The van der Waals surface area contributed by atoms with Crippen molar-refractivity contribution in [3.63, 3.8) is 0 Å². The van der Waals surface area contributed by atoms with Gasteiger partial charge in [0, 0.05) is 37.1 Å². The Morgan fingerprint density at radius 2 is 1.85 bits per heavy atom. The summed E-state index contributed by atoms with van der Waals surface area (Å²) in [4.78, 5) is 19.6. The predicted octanol–water partition coefficient (Wildman–Crippen LogP) is 1.67. The normalized spacial score (nSPS) is 21.5. The molecule has 1 spiro atoms. The molecule has 0 bridgehead atoms. The number of aromatic nitrogens is 4. The van der Waals surface area contributed by atoms with Crippen LogP contribution in [-0.2, 0) is 4.74 Å². The van der Waals surface area contributed by atoms with E-state index in [-0.39, 0.29) is 12.1 Å². The molecular weight excluding hydrogens is 332 g/mol. The minimum atomic E-state index is 0.247. The van der Waals surface area contributed by atoms with Crippen LogP contribution in [0.5, 0.6) is 5.88 Å². The first-order chi connectivity index (χ1) is 12.7. The lowest BCUT2D eigenvalue weighted by molar-refractivity contribution is 0.0466. The van der Waals surface area contributed by atoms with Gasteiger partial charge in [0.2, 0.25) is 17.8 Å². The molecule has 0 unspecified atom stereocenters. The van der Waals surface area contributed by atoms with Crippen LogP contribution in [-0.4, -0.2) is 52.3 Å². The molecule has 0 amide bonds. The quantitative estimate of drug-likeness (QED) is 0.885. The van der Waals surface area contributed by atoms with E-state index in [1.54, 1.807) is 12.4 Å². The van der Waals surface area contributed by atoms with Crippen LogP contribution in [0.1, 0.15) is 25.7 Å². The van der Waals surface area contributed by atoms with Crippen LogP contribution in [0.3, 0.4) is 0 Å². The third-order valence-electron chi connectivity index (χ3n) is 5.52. The number of hydrogen-bond donors (Lipinski definition) is 1. The summed E-state index contributed by atoms with van der Waals surface area (Å²) < 4.78 is 11.6. The van der Waals surface area contributed by atoms with Crippen LogP contribution < -0.4 is 15.4 Å². The second-order valence-electron chi connectivity index (χ2n) is 7.47. The van der Waals surface area contributed by atoms with Crippen molar-refractivity contribution in [2.24, 2.45) is 5.41 Å². The molecule has 3 fully saturated rings. The van der Waals surface area contributed by atoms with Gasteiger partial charge in [-0.2, -0.15) is 4.98 Å². The molecule has 3 heterocycles. The summed E-state index contributed by atoms with van der Waals surface area (Å²) in [5.41, 5.74) is 7.74. The second-order valence-corrected chi connectivity index (χ2v) is 7.47. The number of morpholine rings is 1. The summed E-state index contributed by atoms with van der Waals surface area (Å²) in [5, 5.41) is 0. The lowest BCUT2D eigenvalue weighted by Crippen LogP contribution is -2.38. The van der Waals surface area contributed by atoms with Gasteiger partial charge in [-0.25, -0.2) is 15.0 Å². The van der Waals surface area contributed by atoms with Crippen molar-refractivity contribution in [2.45, 2.75) is 31.8 Å². The fourth-order valence-corrected chi connectivity index (χ4v) is 3.74. The maximum absolute atomic E-state index is 6.17. The number of nitrogens with zero attached hydrogens (tertiary/aromatic N) is 5. The van der Waals surface area contributed by atoms with Gasteiger partial charge in [0.25, 0.3) is 0 Å². The summed E-state index contributed by atoms with van der Waals surface area (Å²) in [6.45, 7) is 2.90. The molecule has 136 valence electrons. The van der Waals surface area contributed by atoms with Crippen LogP contribution in [0.4, 0.5) is 11.9 Å². The van der Waals surface area contributed by atoms with E-state index in [9.17, 15) is 0 Å². The third kappa shape index (κ3) is 3.05. The highest BCUT2D eigenvalue weighted by atomic mass is 16.5. The molecule has 2 N–H and O–H groups in total. The van der Waals surface area contributed by atoms with E-state index in [0.29, 0.717) is 30.5 Å². The number of nitrogen functional groups attached to an aromatic ring is 1. The predicted molar refractivity (Wildman–Crippen MR) is 95.8 cm³/mol. The molecule has 0 radical (unpaired) electrons. The Labute approximate surface area is 151 Å². The third-order valence-corrected chi connectivity index (χ3v) is 5.52. The summed E-state index contributed by atoms with van der Waals surface area (Å²) in [6.07, 6.45) is 8.61. The molecule has 5 rings (SSSR count). The lowest BCUT2D eigenvalue weighted by Gasteiger charge is -2.35. The zero-order valence-corrected chi connectivity index (χ0v) is 14.6. The van der Waals surface area contributed by atoms with Crippen molar-refractivity contribution in [2.75, 3.05) is 36.9 Å². The monoisotopic (exact) mass is 354 g/mol. The Morgan fingerprint density at radius 3 is 2.54 bits per heavy atom. The van der Waals surface area contributed by atoms with Crippen LogP contribution in [0.15, 0.2) is 18.5 Å². The average Bonchev–Trinajstić information content (AvgIpc) is 3.43. The smallest absolute Gasteiger partial charge is 0.229 e. The van der Waals surface area contributed by atoms with Crippen molar-refractivity contribution in [3.8, 4) is 17.1 Å². The Kier molecular flexibility index (Phi) is 3.66. The first-order valence-corrected chi connectivity index (χ1v) is 9.16. The van der Waals surface area contributed by atoms with E-state index in [1.807, 2.05) is 6.07 Å². The fraction of sp³-hybridized carbons (Fsp3) is 0.556. The number of anilines is 2. The maximum Gasteiger partial charge on any atom is 0.229 e. The van der Waals surface area contributed by atoms with E-state index >= 15 is 0 Å². The molecule has 8 nitrogen and oxygen atoms in total. The van der Waals surface area contributed by atoms with Gasteiger partial charge in [-0.3, -0.25) is 0 Å². The van der Waals surface area contributed by atoms with E-state index in [2.05, 4.69) is 19.9 Å². The molecule has 1 aliphatic heterocycles. The fourth-order valence-electron chi connectivity index (χ4n) is 3.74. The Balaban J connectivity index is 1.44. The first-order valence-electron chi connectivity index (χ1n) is 9.16. The summed E-state index contributed by atoms with van der Waals surface area (Å²) in [7, 11) is 0. The highest BCUT2D eigenvalue weighted by Gasteiger charge is 2.54. The molecule has 1 saturated heterocycles. The van der Waals surface area contributed by atoms with Crippen LogP contribution in [0, 0.1) is 5.41 Å². The van der Waals surface area contributed by atoms with Crippen molar-refractivity contribution in [1.82, 2.24) is 19.9 Å². The summed E-state index contributed by atoms with van der Waals surface area (Å²) in [5.74, 6) is 1.53. The minimum absolute atomic E-state index is 0.247. The van der Waals surface area contributed by atoms with Crippen LogP contribution in [0.25, 0.3) is 11.3 Å². The Morgan fingerprint density at radius 1 is 1.12 bits per heavy atom. The zero-order valence-electron chi connectivity index (χ0n) is 14.6. The molecule has 8 heteroatoms. The molecule has 3 aliphatic rings. The molecule has 0 atom stereocenters. The minimum Gasteiger partial charge on any atom is -0.474 e. The second kappa shape index (κ2) is 6.05. The van der Waals surface area contributed by atoms with E-state index < -0.39 is 0 Å². The summed E-state index contributed by atoms with van der Waals surface area (Å²) in [6, 6.07) is 1.87. The first kappa shape index (κ1) is 15.7. The molecule has 2 aromatic heterocycles. The van der Waals surface area contributed by atoms with Gasteiger partial charge in [-0.15, -0.1) is 0 Å². The maximum atomic E-state index is 6.17. The Bertz CT molecular complexity index is 794. The Hall–Kier alpha value is -2.48. The van der Waals surface area contributed by atoms with E-state index in [0.717, 1.165) is 37.2 Å². The molecular formula is C18H22N6O2. The SMILES string of the molecule is Nc1ncc(-c2cc(OC3CC4(CC4)C3)nc(N3CCOCC3)n2)cn1. The van der Waals surface area contributed by atoms with Crippen LogP contribution >= 0.6 is 0 Å². The van der Waals surface area contributed by atoms with Crippen molar-refractivity contribution in [1.29, 1.82) is 0 Å². The van der Waals surface area contributed by atoms with Gasteiger partial charge in [0.05, 0.1) is 18.9 Å². The molecule has 2 aromatic rings. The average molecular weight is 354 g/mol. The molecule has 2 saturated carbocycles. The number of nitrogens with two attached hydrogens (primary N) is 1. The number of ether oxygens (including phenoxy) is 2. The zero-order chi connectivity index (χ0) is 17.6. The molecule has 2 aliphatic carbocycles. The van der Waals surface area contributed by atoms with Gasteiger partial charge in [-0.05, 0) is 31.1 Å². The van der Waals surface area contributed by atoms with Gasteiger partial charge in [-0.1, -0.05) is 0 Å². The van der Waals surface area contributed by atoms with Crippen molar-refractivity contribution >= 4 is 11.9 Å². The lowest BCUT2D eigenvalue weighted by atomic mass is 9.79. The highest BCUT2D eigenvalue weighted by Crippen LogP contribution is 2.61. The van der Waals surface area contributed by atoms with Crippen molar-refractivity contribution in [3.05, 3.63) is 18.5 Å². The number of hydrogen-bond acceptors (Lipinski definition) is 8. The van der Waals surface area contributed by atoms with E-state index in [1.165, 1.54) is 12.8 Å². The standard InChI is InChI=1S/C18H22N6O2/c19-16-20-10-12(11-21-16)14-7-15(26-13-8-18(9-13)1-2-18)23-17(22-14)24-3-5-25-6-4-24/h7,10-11,13H,1-6,8-9H2,(H2,19,20,21). The summed E-state index contributed by atoms with van der Waals surface area (Å²) >= 11 is 0. The molecule has 26 heavy (non-hydrogen) atoms. The molecule has 0 aromatic carbocycles. The van der Waals surface area contributed by atoms with Gasteiger partial charge >= 0.3 is 0 Å². The van der Waals surface area contributed by atoms with Crippen molar-refractivity contribution < 1.29 is 9.47 Å². The largest absolute Gasteiger partial charge is 0.474 e. The topological polar surface area (TPSA) is 99.3 Å². The van der Waals surface area contributed by atoms with E-state index in [4.69, 9.17) is 20.2 Å². The van der Waals surface area contributed by atoms with Gasteiger partial charge in [0.15, 0.2) is 0 Å². The van der Waals surface area contributed by atoms with Gasteiger partial charge in [0.1, 0.15) is 6.10 Å². The number of rotatable bonds is 4. The highest BCUT2D eigenvalue weighted by molar-refractivity contribution is 5.60.